The van der Waals surface area contributed by atoms with E-state index < -0.39 is 12.0 Å². The number of carbonyl (C=O) groups is 1. The van der Waals surface area contributed by atoms with Gasteiger partial charge in [-0.25, -0.2) is 0 Å². The number of rotatable bonds is 3. The third-order valence-electron chi connectivity index (χ3n) is 1.92. The topological polar surface area (TPSA) is 115 Å². The van der Waals surface area contributed by atoms with Gasteiger partial charge < -0.3 is 22.3 Å². The van der Waals surface area contributed by atoms with Crippen LogP contribution < -0.4 is 17.2 Å². The van der Waals surface area contributed by atoms with Gasteiger partial charge in [0, 0.05) is 17.8 Å². The lowest BCUT2D eigenvalue weighted by Crippen LogP contribution is -2.32. The van der Waals surface area contributed by atoms with Crippen molar-refractivity contribution in [2.75, 3.05) is 11.5 Å². The molecule has 0 fully saturated rings. The summed E-state index contributed by atoms with van der Waals surface area (Å²) in [4.78, 5) is 10.5. The summed E-state index contributed by atoms with van der Waals surface area (Å²) < 4.78 is 0. The average Bonchev–Trinajstić information content (AvgIpc) is 2.11. The fourth-order valence-corrected chi connectivity index (χ4v) is 1.13. The zero-order valence-electron chi connectivity index (χ0n) is 7.60. The van der Waals surface area contributed by atoms with E-state index in [0.717, 1.165) is 0 Å². The zero-order valence-corrected chi connectivity index (χ0v) is 7.60. The highest BCUT2D eigenvalue weighted by atomic mass is 16.4. The molecule has 0 unspecified atom stereocenters. The second-order valence-corrected chi connectivity index (χ2v) is 3.11. The number of anilines is 2. The van der Waals surface area contributed by atoms with Gasteiger partial charge in [-0.1, -0.05) is 0 Å². The van der Waals surface area contributed by atoms with Crippen molar-refractivity contribution in [3.8, 4) is 0 Å². The van der Waals surface area contributed by atoms with Crippen molar-refractivity contribution in [2.24, 2.45) is 5.73 Å². The van der Waals surface area contributed by atoms with Crippen molar-refractivity contribution < 1.29 is 9.90 Å². The molecule has 0 radical (unpaired) electrons. The molecule has 7 N–H and O–H groups in total. The minimum absolute atomic E-state index is 0.187. The number of nitrogen functional groups attached to an aromatic ring is 2. The molecule has 1 aromatic rings. The van der Waals surface area contributed by atoms with E-state index in [2.05, 4.69) is 0 Å². The molecule has 5 nitrogen and oxygen atoms in total. The van der Waals surface area contributed by atoms with Gasteiger partial charge >= 0.3 is 5.97 Å². The van der Waals surface area contributed by atoms with Crippen LogP contribution in [0.15, 0.2) is 18.2 Å². The van der Waals surface area contributed by atoms with Gasteiger partial charge in [-0.05, 0) is 23.8 Å². The van der Waals surface area contributed by atoms with E-state index in [0.29, 0.717) is 16.9 Å². The zero-order chi connectivity index (χ0) is 10.7. The van der Waals surface area contributed by atoms with Crippen LogP contribution in [0.3, 0.4) is 0 Å². The van der Waals surface area contributed by atoms with Crippen LogP contribution in [-0.4, -0.2) is 17.1 Å². The molecule has 5 heteroatoms. The Morgan fingerprint density at radius 1 is 1.43 bits per heavy atom. The van der Waals surface area contributed by atoms with Gasteiger partial charge in [0.15, 0.2) is 0 Å². The van der Waals surface area contributed by atoms with Gasteiger partial charge in [0.1, 0.15) is 6.04 Å². The molecule has 1 rings (SSSR count). The fraction of sp³-hybridized carbons (Fsp3) is 0.222. The molecule has 1 atom stereocenters. The summed E-state index contributed by atoms with van der Waals surface area (Å²) in [7, 11) is 0. The first kappa shape index (κ1) is 10.3. The van der Waals surface area contributed by atoms with Crippen molar-refractivity contribution in [3.63, 3.8) is 0 Å². The van der Waals surface area contributed by atoms with Gasteiger partial charge in [0.25, 0.3) is 0 Å². The van der Waals surface area contributed by atoms with Crippen molar-refractivity contribution in [1.82, 2.24) is 0 Å². The van der Waals surface area contributed by atoms with Gasteiger partial charge in [-0.15, -0.1) is 0 Å². The molecule has 0 aliphatic rings. The largest absolute Gasteiger partial charge is 0.480 e. The second-order valence-electron chi connectivity index (χ2n) is 3.11. The molecule has 0 bridgehead atoms. The van der Waals surface area contributed by atoms with Crippen LogP contribution in [0.2, 0.25) is 0 Å². The maximum absolute atomic E-state index is 10.5. The summed E-state index contributed by atoms with van der Waals surface area (Å²) >= 11 is 0. The predicted octanol–water partition coefficient (Wildman–Crippen LogP) is -0.195. The standard InChI is InChI=1S/C9H13N3O2/c10-6-1-2-7(11)5(3-6)4-8(12)9(13)14/h1-3,8H,4,10-12H2,(H,13,14)/t8-/m0/s1. The lowest BCUT2D eigenvalue weighted by Gasteiger charge is -2.09. The number of benzene rings is 1. The first-order chi connectivity index (χ1) is 6.50. The number of carboxylic acids is 1. The summed E-state index contributed by atoms with van der Waals surface area (Å²) in [6.07, 6.45) is 0.187. The van der Waals surface area contributed by atoms with Crippen molar-refractivity contribution in [3.05, 3.63) is 23.8 Å². The Morgan fingerprint density at radius 3 is 2.64 bits per heavy atom. The van der Waals surface area contributed by atoms with Crippen LogP contribution in [-0.2, 0) is 11.2 Å². The van der Waals surface area contributed by atoms with Crippen molar-refractivity contribution in [2.45, 2.75) is 12.5 Å². The number of hydrogen-bond acceptors (Lipinski definition) is 4. The molecule has 0 heterocycles. The van der Waals surface area contributed by atoms with Gasteiger partial charge in [0.05, 0.1) is 0 Å². The van der Waals surface area contributed by atoms with E-state index in [9.17, 15) is 4.79 Å². The summed E-state index contributed by atoms with van der Waals surface area (Å²) in [5, 5.41) is 8.61. The Labute approximate surface area is 81.5 Å². The summed E-state index contributed by atoms with van der Waals surface area (Å²) in [6, 6.07) is 3.99. The van der Waals surface area contributed by atoms with E-state index in [4.69, 9.17) is 22.3 Å². The Balaban J connectivity index is 2.85. The van der Waals surface area contributed by atoms with Crippen molar-refractivity contribution >= 4 is 17.3 Å². The maximum atomic E-state index is 10.5. The van der Waals surface area contributed by atoms with E-state index in [1.54, 1.807) is 18.2 Å². The highest BCUT2D eigenvalue weighted by Crippen LogP contribution is 2.16. The van der Waals surface area contributed by atoms with Crippen molar-refractivity contribution in [1.29, 1.82) is 0 Å². The summed E-state index contributed by atoms with van der Waals surface area (Å²) in [5.41, 5.74) is 18.3. The van der Waals surface area contributed by atoms with Gasteiger partial charge in [-0.3, -0.25) is 4.79 Å². The maximum Gasteiger partial charge on any atom is 0.320 e. The third-order valence-corrected chi connectivity index (χ3v) is 1.92. The molecule has 0 saturated carbocycles. The van der Waals surface area contributed by atoms with E-state index >= 15 is 0 Å². The average molecular weight is 195 g/mol. The molecule has 76 valence electrons. The van der Waals surface area contributed by atoms with Gasteiger partial charge in [-0.2, -0.15) is 0 Å². The number of aliphatic carboxylic acids is 1. The molecule has 0 amide bonds. The lowest BCUT2D eigenvalue weighted by molar-refractivity contribution is -0.138. The van der Waals surface area contributed by atoms with E-state index in [-0.39, 0.29) is 6.42 Å². The minimum atomic E-state index is -1.05. The molecule has 14 heavy (non-hydrogen) atoms. The highest BCUT2D eigenvalue weighted by Gasteiger charge is 2.13. The molecule has 0 aromatic heterocycles. The number of hydrogen-bond donors (Lipinski definition) is 4. The molecule has 0 aliphatic heterocycles. The lowest BCUT2D eigenvalue weighted by atomic mass is 10.0. The highest BCUT2D eigenvalue weighted by molar-refractivity contribution is 5.74. The van der Waals surface area contributed by atoms with Crippen LogP contribution in [0, 0.1) is 0 Å². The van der Waals surface area contributed by atoms with Crippen LogP contribution in [0.4, 0.5) is 11.4 Å². The Bertz CT molecular complexity index is 352. The molecule has 0 spiro atoms. The Hall–Kier alpha value is -1.75. The quantitative estimate of drug-likeness (QED) is 0.499. The third kappa shape index (κ3) is 2.37. The SMILES string of the molecule is Nc1ccc(N)c(C[C@H](N)C(=O)O)c1. The molecule has 0 saturated heterocycles. The molecular formula is C9H13N3O2. The Morgan fingerprint density at radius 2 is 2.07 bits per heavy atom. The fourth-order valence-electron chi connectivity index (χ4n) is 1.13. The number of carboxylic acid groups (broad SMARTS) is 1. The van der Waals surface area contributed by atoms with Gasteiger partial charge in [0.2, 0.25) is 0 Å². The molecule has 0 aliphatic carbocycles. The van der Waals surface area contributed by atoms with Crippen LogP contribution in [0.1, 0.15) is 5.56 Å². The first-order valence-corrected chi connectivity index (χ1v) is 4.13. The first-order valence-electron chi connectivity index (χ1n) is 4.13. The van der Waals surface area contributed by atoms with E-state index in [1.165, 1.54) is 0 Å². The normalized spacial score (nSPS) is 12.4. The smallest absolute Gasteiger partial charge is 0.320 e. The van der Waals surface area contributed by atoms with Crippen LogP contribution in [0.25, 0.3) is 0 Å². The molecular weight excluding hydrogens is 182 g/mol. The minimum Gasteiger partial charge on any atom is -0.480 e. The second kappa shape index (κ2) is 3.97. The summed E-state index contributed by atoms with van der Waals surface area (Å²) in [6.45, 7) is 0. The monoisotopic (exact) mass is 195 g/mol. The Kier molecular flexibility index (Phi) is 2.93. The summed E-state index contributed by atoms with van der Waals surface area (Å²) in [5.74, 6) is -1.05. The van der Waals surface area contributed by atoms with Crippen LogP contribution in [0.5, 0.6) is 0 Å². The van der Waals surface area contributed by atoms with E-state index in [1.807, 2.05) is 0 Å². The number of nitrogens with two attached hydrogens (primary N) is 3. The predicted molar refractivity (Wildman–Crippen MR) is 54.6 cm³/mol. The molecule has 1 aromatic carbocycles. The van der Waals surface area contributed by atoms with Crippen LogP contribution >= 0.6 is 0 Å².